The van der Waals surface area contributed by atoms with Gasteiger partial charge in [0.1, 0.15) is 28.7 Å². The number of carbonyl (C=O) groups is 2. The van der Waals surface area contributed by atoms with E-state index in [-0.39, 0.29) is 17.0 Å². The Hall–Kier alpha value is -3.95. The minimum Gasteiger partial charge on any atom is -0.487 e. The maximum absolute atomic E-state index is 13.1. The number of nitrogens with one attached hydrogen (secondary N) is 3. The molecule has 2 amide bonds. The first-order valence-electron chi connectivity index (χ1n) is 11.0. The second-order valence-corrected chi connectivity index (χ2v) is 9.12. The summed E-state index contributed by atoms with van der Waals surface area (Å²) in [5.74, 6) is -2.54. The van der Waals surface area contributed by atoms with E-state index in [1.54, 1.807) is 31.3 Å². The van der Waals surface area contributed by atoms with Crippen LogP contribution in [-0.2, 0) is 6.42 Å². The molecule has 2 aromatic carbocycles. The Kier molecular flexibility index (Phi) is 6.23. The minimum absolute atomic E-state index is 0.0891. The summed E-state index contributed by atoms with van der Waals surface area (Å²) in [7, 11) is 1.68. The molecule has 2 aromatic rings. The molecule has 3 N–H and O–H groups in total. The molecule has 0 spiro atoms. The summed E-state index contributed by atoms with van der Waals surface area (Å²) in [5, 5.41) is 13.1. The average molecular weight is 485 g/mol. The van der Waals surface area contributed by atoms with Gasteiger partial charge in [-0.25, -0.2) is 8.78 Å². The predicted molar refractivity (Wildman–Crippen MR) is 126 cm³/mol. The van der Waals surface area contributed by atoms with Gasteiger partial charge in [0.05, 0.1) is 13.1 Å². The summed E-state index contributed by atoms with van der Waals surface area (Å²) in [6.45, 7) is 2.69. The summed E-state index contributed by atoms with van der Waals surface area (Å²) < 4.78 is 38.2. The molecular formula is C25H26F2N4O4. The highest BCUT2D eigenvalue weighted by atomic mass is 19.3. The van der Waals surface area contributed by atoms with Gasteiger partial charge >= 0.3 is 0 Å². The van der Waals surface area contributed by atoms with Crippen LogP contribution in [0.15, 0.2) is 48.7 Å². The highest BCUT2D eigenvalue weighted by Gasteiger charge is 2.46. The number of amidine groups is 1. The fourth-order valence-electron chi connectivity index (χ4n) is 3.90. The lowest BCUT2D eigenvalue weighted by Crippen LogP contribution is -2.58. The number of hydrogen-bond donors (Lipinski definition) is 3. The van der Waals surface area contributed by atoms with Gasteiger partial charge in [-0.05, 0) is 62.5 Å². The van der Waals surface area contributed by atoms with Crippen LogP contribution in [0.5, 0.6) is 17.2 Å². The lowest BCUT2D eigenvalue weighted by atomic mass is 9.99. The summed E-state index contributed by atoms with van der Waals surface area (Å²) in [6, 6.07) is 9.37. The van der Waals surface area contributed by atoms with Crippen molar-refractivity contribution >= 4 is 17.6 Å². The fraction of sp³-hybridized carbons (Fsp3) is 0.320. The van der Waals surface area contributed by atoms with Crippen molar-refractivity contribution < 1.29 is 27.8 Å². The van der Waals surface area contributed by atoms with Gasteiger partial charge in [-0.15, -0.1) is 0 Å². The molecule has 2 heterocycles. The molecule has 0 aromatic heterocycles. The number of amides is 2. The van der Waals surface area contributed by atoms with Crippen LogP contribution in [0.25, 0.3) is 0 Å². The maximum Gasteiger partial charge on any atom is 0.282 e. The first kappa shape index (κ1) is 24.2. The van der Waals surface area contributed by atoms with Gasteiger partial charge in [0.2, 0.25) is 0 Å². The van der Waals surface area contributed by atoms with Crippen LogP contribution < -0.4 is 20.1 Å². The Bertz CT molecular complexity index is 1200. The van der Waals surface area contributed by atoms with Crippen molar-refractivity contribution in [2.24, 2.45) is 0 Å². The van der Waals surface area contributed by atoms with Crippen molar-refractivity contribution in [1.29, 1.82) is 5.41 Å². The van der Waals surface area contributed by atoms with Gasteiger partial charge in [0.25, 0.3) is 17.7 Å². The van der Waals surface area contributed by atoms with Crippen molar-refractivity contribution in [3.63, 3.8) is 0 Å². The first-order chi connectivity index (χ1) is 16.5. The first-order valence-corrected chi connectivity index (χ1v) is 11.0. The number of ether oxygens (including phenoxy) is 2. The van der Waals surface area contributed by atoms with Crippen LogP contribution in [0.2, 0.25) is 0 Å². The quantitative estimate of drug-likeness (QED) is 0.428. The van der Waals surface area contributed by atoms with E-state index in [2.05, 4.69) is 10.6 Å². The van der Waals surface area contributed by atoms with Crippen molar-refractivity contribution in [3.05, 3.63) is 65.4 Å². The van der Waals surface area contributed by atoms with Crippen LogP contribution in [0.4, 0.5) is 8.78 Å². The summed E-state index contributed by atoms with van der Waals surface area (Å²) in [6.07, 6.45) is 3.49. The molecule has 0 unspecified atom stereocenters. The molecule has 8 nitrogen and oxygen atoms in total. The SMILES string of the molecule is CN/C=C\C(=N)NC(=O)c1cc(Oc2ccc(C(=O)N3CC(F)(F)C3)cc2)c2c(c1)OC(C)(C)C2. The maximum atomic E-state index is 13.1. The number of fused-ring (bicyclic) bond motifs is 1. The van der Waals surface area contributed by atoms with Gasteiger partial charge in [0.15, 0.2) is 0 Å². The second-order valence-electron chi connectivity index (χ2n) is 9.12. The van der Waals surface area contributed by atoms with Gasteiger partial charge in [-0.2, -0.15) is 0 Å². The third-order valence-corrected chi connectivity index (χ3v) is 5.54. The Morgan fingerprint density at radius 2 is 1.83 bits per heavy atom. The van der Waals surface area contributed by atoms with Gasteiger partial charge < -0.3 is 25.0 Å². The minimum atomic E-state index is -2.83. The fourth-order valence-corrected chi connectivity index (χ4v) is 3.90. The van der Waals surface area contributed by atoms with Crippen LogP contribution >= 0.6 is 0 Å². The van der Waals surface area contributed by atoms with Crippen molar-refractivity contribution in [2.45, 2.75) is 31.8 Å². The molecule has 2 aliphatic heterocycles. The van der Waals surface area contributed by atoms with E-state index in [0.29, 0.717) is 23.7 Å². The van der Waals surface area contributed by atoms with E-state index in [0.717, 1.165) is 10.5 Å². The molecule has 0 bridgehead atoms. The van der Waals surface area contributed by atoms with Crippen molar-refractivity contribution in [3.8, 4) is 17.2 Å². The lowest BCUT2D eigenvalue weighted by molar-refractivity contribution is -0.113. The molecule has 1 fully saturated rings. The van der Waals surface area contributed by atoms with Crippen LogP contribution in [0.3, 0.4) is 0 Å². The molecule has 0 aliphatic carbocycles. The monoisotopic (exact) mass is 484 g/mol. The average Bonchev–Trinajstić information content (AvgIpc) is 3.10. The Morgan fingerprint density at radius 3 is 2.46 bits per heavy atom. The lowest BCUT2D eigenvalue weighted by Gasteiger charge is -2.38. The van der Waals surface area contributed by atoms with E-state index >= 15 is 0 Å². The Labute approximate surface area is 201 Å². The normalized spacial score (nSPS) is 17.2. The van der Waals surface area contributed by atoms with E-state index in [1.165, 1.54) is 24.4 Å². The highest BCUT2D eigenvalue weighted by Crippen LogP contribution is 2.43. The molecule has 0 radical (unpaired) electrons. The summed E-state index contributed by atoms with van der Waals surface area (Å²) in [5.41, 5.74) is 0.834. The molecule has 184 valence electrons. The van der Waals surface area contributed by atoms with Gasteiger partial charge in [-0.3, -0.25) is 15.0 Å². The number of hydrogen-bond acceptors (Lipinski definition) is 6. The van der Waals surface area contributed by atoms with Gasteiger partial charge in [-0.1, -0.05) is 0 Å². The van der Waals surface area contributed by atoms with Crippen molar-refractivity contribution in [2.75, 3.05) is 20.1 Å². The molecular weight excluding hydrogens is 458 g/mol. The third kappa shape index (κ3) is 5.42. The smallest absolute Gasteiger partial charge is 0.282 e. The van der Waals surface area contributed by atoms with Crippen LogP contribution in [0.1, 0.15) is 40.1 Å². The molecule has 0 saturated carbocycles. The number of likely N-dealkylation sites (tertiary alicyclic amines) is 1. The highest BCUT2D eigenvalue weighted by molar-refractivity contribution is 6.09. The molecule has 1 saturated heterocycles. The second kappa shape index (κ2) is 9.01. The largest absolute Gasteiger partial charge is 0.487 e. The van der Waals surface area contributed by atoms with E-state index in [4.69, 9.17) is 14.9 Å². The summed E-state index contributed by atoms with van der Waals surface area (Å²) >= 11 is 0. The van der Waals surface area contributed by atoms with Crippen LogP contribution in [-0.4, -0.2) is 54.2 Å². The van der Waals surface area contributed by atoms with Crippen LogP contribution in [0, 0.1) is 5.41 Å². The Balaban J connectivity index is 1.55. The number of nitrogens with zero attached hydrogens (tertiary/aromatic N) is 1. The predicted octanol–water partition coefficient (Wildman–Crippen LogP) is 3.72. The van der Waals surface area contributed by atoms with Gasteiger partial charge in [0, 0.05) is 30.2 Å². The van der Waals surface area contributed by atoms with Crippen molar-refractivity contribution in [1.82, 2.24) is 15.5 Å². The number of halogens is 2. The number of carbonyl (C=O) groups excluding carboxylic acids is 2. The zero-order valence-electron chi connectivity index (χ0n) is 19.6. The summed E-state index contributed by atoms with van der Waals surface area (Å²) in [4.78, 5) is 26.2. The van der Waals surface area contributed by atoms with E-state index in [9.17, 15) is 18.4 Å². The topological polar surface area (TPSA) is 104 Å². The third-order valence-electron chi connectivity index (χ3n) is 5.54. The molecule has 4 rings (SSSR count). The van der Waals surface area contributed by atoms with E-state index < -0.39 is 36.4 Å². The zero-order chi connectivity index (χ0) is 25.4. The Morgan fingerprint density at radius 1 is 1.14 bits per heavy atom. The molecule has 35 heavy (non-hydrogen) atoms. The van der Waals surface area contributed by atoms with E-state index in [1.807, 2.05) is 13.8 Å². The standard InChI is InChI=1S/C25H26F2N4O4/c1-24(2)12-18-19(10-16(11-20(18)35-24)22(32)30-21(28)8-9-29-3)34-17-6-4-15(5-7-17)23(33)31-13-25(26,27)14-31/h4-11,29H,12-14H2,1-3H3,(H2,28,30,32)/b9-8-. The molecule has 0 atom stereocenters. The number of rotatable bonds is 6. The number of benzene rings is 2. The molecule has 2 aliphatic rings. The number of alkyl halides is 2. The zero-order valence-corrected chi connectivity index (χ0v) is 19.6. The molecule has 10 heteroatoms.